The highest BCUT2D eigenvalue weighted by atomic mass is 32.2. The van der Waals surface area contributed by atoms with Gasteiger partial charge in [0.15, 0.2) is 5.03 Å². The number of aryl methyl sites for hydroxylation is 1. The highest BCUT2D eigenvalue weighted by molar-refractivity contribution is 7.99. The van der Waals surface area contributed by atoms with Gasteiger partial charge >= 0.3 is 5.69 Å². The van der Waals surface area contributed by atoms with E-state index >= 15 is 0 Å². The fourth-order valence-electron chi connectivity index (χ4n) is 1.84. The van der Waals surface area contributed by atoms with Crippen molar-refractivity contribution >= 4 is 17.4 Å². The average Bonchev–Trinajstić information content (AvgIpc) is 2.70. The largest absolute Gasteiger partial charge is 0.507 e. The molecule has 1 aromatic carbocycles. The number of nitro groups is 1. The van der Waals surface area contributed by atoms with Gasteiger partial charge in [0.1, 0.15) is 11.4 Å². The summed E-state index contributed by atoms with van der Waals surface area (Å²) in [5.41, 5.74) is 0.464. The van der Waals surface area contributed by atoms with Gasteiger partial charge in [-0.25, -0.2) is 0 Å². The molecule has 1 heterocycles. The molecule has 1 aromatic heterocycles. The van der Waals surface area contributed by atoms with Gasteiger partial charge < -0.3 is 5.11 Å². The maximum atomic E-state index is 11.3. The Morgan fingerprint density at radius 2 is 2.05 bits per heavy atom. The zero-order valence-electron chi connectivity index (χ0n) is 11.4. The first-order valence-corrected chi connectivity index (χ1v) is 6.90. The van der Waals surface area contributed by atoms with Crippen LogP contribution in [-0.4, -0.2) is 19.8 Å². The summed E-state index contributed by atoms with van der Waals surface area (Å²) in [5.74, 6) is 0.0550. The van der Waals surface area contributed by atoms with E-state index in [1.54, 1.807) is 31.3 Å². The van der Waals surface area contributed by atoms with Gasteiger partial charge in [0.25, 0.3) is 0 Å². The fraction of sp³-hybridized carbons (Fsp3) is 0.308. The summed E-state index contributed by atoms with van der Waals surface area (Å²) in [6.07, 6.45) is 0. The standard InChI is InChI=1S/C13H15N3O3S/c1-8(2)11-12(16(18)19)13(15(3)14-11)20-10-7-5-4-6-9(10)17/h4-8,17H,1-3H3. The second-order valence-corrected chi connectivity index (χ2v) is 5.67. The lowest BCUT2D eigenvalue weighted by atomic mass is 10.1. The van der Waals surface area contributed by atoms with Gasteiger partial charge in [-0.2, -0.15) is 5.10 Å². The average molecular weight is 293 g/mol. The van der Waals surface area contributed by atoms with Crippen LogP contribution < -0.4 is 0 Å². The Bertz CT molecular complexity index is 652. The van der Waals surface area contributed by atoms with Crippen molar-refractivity contribution in [2.75, 3.05) is 0 Å². The van der Waals surface area contributed by atoms with Crippen LogP contribution >= 0.6 is 11.8 Å². The van der Waals surface area contributed by atoms with Gasteiger partial charge in [0.05, 0.1) is 9.82 Å². The summed E-state index contributed by atoms with van der Waals surface area (Å²) < 4.78 is 1.49. The fourth-order valence-corrected chi connectivity index (χ4v) is 2.82. The Morgan fingerprint density at radius 1 is 1.40 bits per heavy atom. The van der Waals surface area contributed by atoms with Crippen molar-refractivity contribution in [2.45, 2.75) is 29.7 Å². The van der Waals surface area contributed by atoms with E-state index in [4.69, 9.17) is 0 Å². The second-order valence-electron chi connectivity index (χ2n) is 4.64. The first-order valence-electron chi connectivity index (χ1n) is 6.09. The van der Waals surface area contributed by atoms with Gasteiger partial charge in [-0.1, -0.05) is 37.7 Å². The lowest BCUT2D eigenvalue weighted by molar-refractivity contribution is -0.388. The molecule has 7 heteroatoms. The Labute approximate surface area is 120 Å². The molecule has 6 nitrogen and oxygen atoms in total. The van der Waals surface area contributed by atoms with E-state index in [2.05, 4.69) is 5.10 Å². The highest BCUT2D eigenvalue weighted by Gasteiger charge is 2.29. The third-order valence-electron chi connectivity index (χ3n) is 2.80. The molecule has 0 fully saturated rings. The van der Waals surface area contributed by atoms with Crippen LogP contribution in [0, 0.1) is 10.1 Å². The normalized spacial score (nSPS) is 11.0. The molecule has 0 aliphatic heterocycles. The van der Waals surface area contributed by atoms with E-state index < -0.39 is 4.92 Å². The van der Waals surface area contributed by atoms with Crippen LogP contribution in [0.5, 0.6) is 5.75 Å². The number of para-hydroxylation sites is 1. The summed E-state index contributed by atoms with van der Waals surface area (Å²) in [6.45, 7) is 3.73. The van der Waals surface area contributed by atoms with Crippen LogP contribution in [0.1, 0.15) is 25.5 Å². The molecule has 20 heavy (non-hydrogen) atoms. The minimum atomic E-state index is -0.412. The van der Waals surface area contributed by atoms with E-state index in [0.29, 0.717) is 15.6 Å². The van der Waals surface area contributed by atoms with E-state index in [1.807, 2.05) is 13.8 Å². The summed E-state index contributed by atoms with van der Waals surface area (Å²) in [5, 5.41) is 25.7. The third-order valence-corrected chi connectivity index (χ3v) is 4.01. The molecule has 1 N–H and O–H groups in total. The lowest BCUT2D eigenvalue weighted by Gasteiger charge is -2.04. The van der Waals surface area contributed by atoms with Crippen LogP contribution in [0.2, 0.25) is 0 Å². The van der Waals surface area contributed by atoms with Gasteiger partial charge in [-0.15, -0.1) is 0 Å². The van der Waals surface area contributed by atoms with Crippen molar-refractivity contribution < 1.29 is 10.0 Å². The summed E-state index contributed by atoms with van der Waals surface area (Å²) >= 11 is 1.14. The molecule has 0 amide bonds. The SMILES string of the molecule is CC(C)c1nn(C)c(Sc2ccccc2O)c1[N+](=O)[O-]. The molecule has 0 saturated heterocycles. The summed E-state index contributed by atoms with van der Waals surface area (Å²) in [4.78, 5) is 11.5. The van der Waals surface area contributed by atoms with E-state index in [1.165, 1.54) is 4.68 Å². The van der Waals surface area contributed by atoms with E-state index in [0.717, 1.165) is 11.8 Å². The first kappa shape index (κ1) is 14.4. The number of phenolic OH excluding ortho intramolecular Hbond substituents is 1. The quantitative estimate of drug-likeness (QED) is 0.691. The maximum absolute atomic E-state index is 11.3. The van der Waals surface area contributed by atoms with Crippen molar-refractivity contribution in [3.05, 3.63) is 40.1 Å². The highest BCUT2D eigenvalue weighted by Crippen LogP contribution is 2.41. The van der Waals surface area contributed by atoms with E-state index in [-0.39, 0.29) is 17.4 Å². The Kier molecular flexibility index (Phi) is 3.99. The molecule has 2 aromatic rings. The molecule has 0 aliphatic rings. The van der Waals surface area contributed by atoms with Crippen LogP contribution in [0.15, 0.2) is 34.2 Å². The zero-order valence-corrected chi connectivity index (χ0v) is 12.2. The van der Waals surface area contributed by atoms with Crippen LogP contribution in [0.3, 0.4) is 0 Å². The number of aromatic nitrogens is 2. The molecule has 0 unspecified atom stereocenters. The van der Waals surface area contributed by atoms with Crippen molar-refractivity contribution in [1.82, 2.24) is 9.78 Å². The molecule has 0 aliphatic carbocycles. The van der Waals surface area contributed by atoms with Crippen molar-refractivity contribution in [1.29, 1.82) is 0 Å². The maximum Gasteiger partial charge on any atom is 0.324 e. The zero-order chi connectivity index (χ0) is 14.9. The number of aromatic hydroxyl groups is 1. The van der Waals surface area contributed by atoms with Crippen molar-refractivity contribution in [3.63, 3.8) is 0 Å². The lowest BCUT2D eigenvalue weighted by Crippen LogP contribution is -1.95. The van der Waals surface area contributed by atoms with Crippen LogP contribution in [0.4, 0.5) is 5.69 Å². The minimum Gasteiger partial charge on any atom is -0.507 e. The number of nitrogens with zero attached hydrogens (tertiary/aromatic N) is 3. The molecular formula is C13H15N3O3S. The monoisotopic (exact) mass is 293 g/mol. The molecule has 0 saturated carbocycles. The van der Waals surface area contributed by atoms with Crippen molar-refractivity contribution in [2.24, 2.45) is 7.05 Å². The number of hydrogen-bond donors (Lipinski definition) is 1. The Balaban J connectivity index is 2.52. The van der Waals surface area contributed by atoms with Gasteiger partial charge in [-0.05, 0) is 12.1 Å². The number of hydrogen-bond acceptors (Lipinski definition) is 5. The molecule has 0 bridgehead atoms. The molecule has 0 atom stereocenters. The molecule has 106 valence electrons. The summed E-state index contributed by atoms with van der Waals surface area (Å²) in [6, 6.07) is 6.74. The van der Waals surface area contributed by atoms with Crippen LogP contribution in [-0.2, 0) is 7.05 Å². The molecule has 2 rings (SSSR count). The predicted octanol–water partition coefficient (Wildman–Crippen LogP) is 3.31. The predicted molar refractivity (Wildman–Crippen MR) is 76.2 cm³/mol. The minimum absolute atomic E-state index is 0.00996. The van der Waals surface area contributed by atoms with E-state index in [9.17, 15) is 15.2 Å². The number of phenols is 1. The second kappa shape index (κ2) is 5.54. The van der Waals surface area contributed by atoms with Crippen LogP contribution in [0.25, 0.3) is 0 Å². The first-order chi connectivity index (χ1) is 9.41. The van der Waals surface area contributed by atoms with Gasteiger partial charge in [0.2, 0.25) is 0 Å². The smallest absolute Gasteiger partial charge is 0.324 e. The third kappa shape index (κ3) is 2.62. The molecule has 0 radical (unpaired) electrons. The Morgan fingerprint density at radius 3 is 2.60 bits per heavy atom. The Hall–Kier alpha value is -2.02. The summed E-state index contributed by atoms with van der Waals surface area (Å²) in [7, 11) is 1.67. The van der Waals surface area contributed by atoms with Gasteiger partial charge in [0, 0.05) is 13.0 Å². The number of benzene rings is 1. The molecule has 0 spiro atoms. The molecular weight excluding hydrogens is 278 g/mol. The van der Waals surface area contributed by atoms with Gasteiger partial charge in [-0.3, -0.25) is 14.8 Å². The number of rotatable bonds is 4. The topological polar surface area (TPSA) is 81.2 Å². The van der Waals surface area contributed by atoms with Crippen molar-refractivity contribution in [3.8, 4) is 5.75 Å².